The first-order chi connectivity index (χ1) is 11.9. The highest BCUT2D eigenvalue weighted by Gasteiger charge is 2.27. The Hall–Kier alpha value is -2.63. The fourth-order valence-corrected chi connectivity index (χ4v) is 2.57. The van der Waals surface area contributed by atoms with Crippen LogP contribution >= 0.6 is 0 Å². The number of carbonyl (C=O) groups is 2. The highest BCUT2D eigenvalue weighted by molar-refractivity contribution is 5.88. The van der Waals surface area contributed by atoms with Crippen LogP contribution in [0.25, 0.3) is 0 Å². The average molecular weight is 343 g/mol. The normalized spacial score (nSPS) is 12.0. The summed E-state index contributed by atoms with van der Waals surface area (Å²) in [6.07, 6.45) is 0.254. The average Bonchev–Trinajstić information content (AvgIpc) is 2.97. The quantitative estimate of drug-likeness (QED) is 0.837. The van der Waals surface area contributed by atoms with Crippen LogP contribution < -0.4 is 5.32 Å². The van der Waals surface area contributed by atoms with Crippen molar-refractivity contribution >= 4 is 11.8 Å². The van der Waals surface area contributed by atoms with Crippen molar-refractivity contribution in [2.24, 2.45) is 5.92 Å². The van der Waals surface area contributed by atoms with Crippen LogP contribution in [-0.2, 0) is 22.6 Å². The zero-order valence-electron chi connectivity index (χ0n) is 15.2. The van der Waals surface area contributed by atoms with Crippen LogP contribution in [0.3, 0.4) is 0 Å². The summed E-state index contributed by atoms with van der Waals surface area (Å²) in [7, 11) is 1.70. The fraction of sp³-hybridized carbons (Fsp3) is 0.421. The van der Waals surface area contributed by atoms with Gasteiger partial charge < -0.3 is 14.7 Å². The summed E-state index contributed by atoms with van der Waals surface area (Å²) in [6, 6.07) is 10.7. The molecule has 1 atom stereocenters. The van der Waals surface area contributed by atoms with Gasteiger partial charge in [-0.25, -0.2) is 0 Å². The first-order valence-electron chi connectivity index (χ1n) is 8.37. The number of nitrogens with zero attached hydrogens (tertiary/aromatic N) is 2. The number of amides is 2. The molecule has 2 aromatic rings. The monoisotopic (exact) mass is 343 g/mol. The van der Waals surface area contributed by atoms with Crippen molar-refractivity contribution in [3.8, 4) is 0 Å². The van der Waals surface area contributed by atoms with Crippen LogP contribution in [0, 0.1) is 12.8 Å². The second-order valence-electron chi connectivity index (χ2n) is 6.57. The van der Waals surface area contributed by atoms with Gasteiger partial charge in [-0.05, 0) is 18.4 Å². The van der Waals surface area contributed by atoms with Crippen LogP contribution in [0.1, 0.15) is 30.9 Å². The van der Waals surface area contributed by atoms with Gasteiger partial charge in [0.2, 0.25) is 11.8 Å². The summed E-state index contributed by atoms with van der Waals surface area (Å²) in [5.41, 5.74) is 1.60. The molecule has 2 rings (SSSR count). The summed E-state index contributed by atoms with van der Waals surface area (Å²) in [5, 5.41) is 6.77. The Morgan fingerprint density at radius 2 is 1.92 bits per heavy atom. The minimum absolute atomic E-state index is 0.0197. The number of aromatic nitrogens is 1. The summed E-state index contributed by atoms with van der Waals surface area (Å²) >= 11 is 0. The molecule has 1 heterocycles. The number of hydrogen-bond donors (Lipinski definition) is 1. The smallest absolute Gasteiger partial charge is 0.245 e. The first kappa shape index (κ1) is 18.7. The molecule has 1 N–H and O–H groups in total. The Labute approximate surface area is 148 Å². The van der Waals surface area contributed by atoms with E-state index in [1.807, 2.05) is 44.2 Å². The number of carbonyl (C=O) groups excluding carboxylic acids is 2. The van der Waals surface area contributed by atoms with Crippen molar-refractivity contribution < 1.29 is 14.1 Å². The van der Waals surface area contributed by atoms with E-state index >= 15 is 0 Å². The molecule has 25 heavy (non-hydrogen) atoms. The van der Waals surface area contributed by atoms with Crippen molar-refractivity contribution in [3.05, 3.63) is 53.4 Å². The molecule has 0 saturated carbocycles. The van der Waals surface area contributed by atoms with Crippen LogP contribution in [0.15, 0.2) is 40.9 Å². The maximum absolute atomic E-state index is 12.7. The maximum atomic E-state index is 12.7. The van der Waals surface area contributed by atoms with Gasteiger partial charge in [-0.1, -0.05) is 49.3 Å². The minimum Gasteiger partial charge on any atom is -0.361 e. The van der Waals surface area contributed by atoms with Gasteiger partial charge in [-0.2, -0.15) is 0 Å². The molecule has 0 aliphatic carbocycles. The molecule has 0 saturated heterocycles. The molecule has 1 unspecified atom stereocenters. The third-order valence-corrected chi connectivity index (χ3v) is 3.91. The van der Waals surface area contributed by atoms with Gasteiger partial charge in [0, 0.05) is 13.1 Å². The van der Waals surface area contributed by atoms with E-state index in [1.54, 1.807) is 24.9 Å². The lowest BCUT2D eigenvalue weighted by Gasteiger charge is -2.26. The lowest BCUT2D eigenvalue weighted by molar-refractivity contribution is -0.137. The topological polar surface area (TPSA) is 75.4 Å². The van der Waals surface area contributed by atoms with Gasteiger partial charge in [0.05, 0.1) is 13.0 Å². The minimum atomic E-state index is -0.575. The van der Waals surface area contributed by atoms with Crippen molar-refractivity contribution in [1.82, 2.24) is 15.4 Å². The summed E-state index contributed by atoms with van der Waals surface area (Å²) in [5.74, 6) is 0.377. The Bertz CT molecular complexity index is 710. The number of aryl methyl sites for hydroxylation is 1. The molecule has 0 bridgehead atoms. The van der Waals surface area contributed by atoms with Gasteiger partial charge >= 0.3 is 0 Å². The lowest BCUT2D eigenvalue weighted by Crippen LogP contribution is -2.50. The predicted molar refractivity (Wildman–Crippen MR) is 94.6 cm³/mol. The largest absolute Gasteiger partial charge is 0.361 e. The molecule has 0 fully saturated rings. The number of likely N-dealkylation sites (N-methyl/N-ethyl adjacent to an activating group) is 1. The molecule has 6 nitrogen and oxygen atoms in total. The van der Waals surface area contributed by atoms with Gasteiger partial charge in [0.25, 0.3) is 0 Å². The van der Waals surface area contributed by atoms with E-state index in [2.05, 4.69) is 10.5 Å². The van der Waals surface area contributed by atoms with E-state index in [-0.39, 0.29) is 24.2 Å². The predicted octanol–water partition coefficient (Wildman–Crippen LogP) is 2.32. The molecular weight excluding hydrogens is 318 g/mol. The standard InChI is InChI=1S/C19H25N3O3/c1-13(2)18(20-17(23)11-15-8-6-5-7-9-15)19(24)22(4)12-16-10-14(3)25-21-16/h5-10,13,18H,11-12H2,1-4H3,(H,20,23). The highest BCUT2D eigenvalue weighted by Crippen LogP contribution is 2.10. The molecule has 0 aliphatic heterocycles. The van der Waals surface area contributed by atoms with Crippen LogP contribution in [0.5, 0.6) is 0 Å². The van der Waals surface area contributed by atoms with Crippen molar-refractivity contribution in [3.63, 3.8) is 0 Å². The van der Waals surface area contributed by atoms with E-state index in [9.17, 15) is 9.59 Å². The van der Waals surface area contributed by atoms with Crippen LogP contribution in [0.2, 0.25) is 0 Å². The molecular formula is C19H25N3O3. The maximum Gasteiger partial charge on any atom is 0.245 e. The number of hydrogen-bond acceptors (Lipinski definition) is 4. The van der Waals surface area contributed by atoms with E-state index in [4.69, 9.17) is 4.52 Å². The van der Waals surface area contributed by atoms with Gasteiger partial charge in [-0.15, -0.1) is 0 Å². The van der Waals surface area contributed by atoms with Gasteiger partial charge in [-0.3, -0.25) is 9.59 Å². The molecule has 1 aromatic heterocycles. The molecule has 2 amide bonds. The second kappa shape index (κ2) is 8.46. The fourth-order valence-electron chi connectivity index (χ4n) is 2.57. The number of benzene rings is 1. The zero-order valence-corrected chi connectivity index (χ0v) is 15.2. The molecule has 0 aliphatic rings. The summed E-state index contributed by atoms with van der Waals surface area (Å²) in [6.45, 7) is 5.98. The summed E-state index contributed by atoms with van der Waals surface area (Å²) < 4.78 is 5.03. The van der Waals surface area contributed by atoms with Gasteiger partial charge in [0.1, 0.15) is 17.5 Å². The van der Waals surface area contributed by atoms with Gasteiger partial charge in [0.15, 0.2) is 0 Å². The highest BCUT2D eigenvalue weighted by atomic mass is 16.5. The van der Waals surface area contributed by atoms with E-state index in [1.165, 1.54) is 0 Å². The molecule has 0 radical (unpaired) electrons. The second-order valence-corrected chi connectivity index (χ2v) is 6.57. The molecule has 6 heteroatoms. The Kier molecular flexibility index (Phi) is 6.33. The van der Waals surface area contributed by atoms with Crippen molar-refractivity contribution in [2.45, 2.75) is 39.8 Å². The Balaban J connectivity index is 1.98. The Morgan fingerprint density at radius 1 is 1.24 bits per heavy atom. The number of nitrogens with one attached hydrogen (secondary N) is 1. The lowest BCUT2D eigenvalue weighted by atomic mass is 10.0. The molecule has 134 valence electrons. The third kappa shape index (κ3) is 5.45. The van der Waals surface area contributed by atoms with E-state index in [0.717, 1.165) is 5.56 Å². The van der Waals surface area contributed by atoms with Crippen LogP contribution in [0.4, 0.5) is 0 Å². The number of rotatable bonds is 7. The SMILES string of the molecule is Cc1cc(CN(C)C(=O)C(NC(=O)Cc2ccccc2)C(C)C)no1. The molecule has 1 aromatic carbocycles. The van der Waals surface area contributed by atoms with E-state index < -0.39 is 6.04 Å². The Morgan fingerprint density at radius 3 is 2.48 bits per heavy atom. The van der Waals surface area contributed by atoms with Crippen molar-refractivity contribution in [2.75, 3.05) is 7.05 Å². The zero-order chi connectivity index (χ0) is 18.4. The first-order valence-corrected chi connectivity index (χ1v) is 8.37. The van der Waals surface area contributed by atoms with Crippen LogP contribution in [-0.4, -0.2) is 35.0 Å². The third-order valence-electron chi connectivity index (χ3n) is 3.91. The molecule has 0 spiro atoms. The summed E-state index contributed by atoms with van der Waals surface area (Å²) in [4.78, 5) is 26.6. The van der Waals surface area contributed by atoms with E-state index in [0.29, 0.717) is 18.0 Å². The van der Waals surface area contributed by atoms with Crippen molar-refractivity contribution in [1.29, 1.82) is 0 Å².